The lowest BCUT2D eigenvalue weighted by molar-refractivity contribution is -0.129. The van der Waals surface area contributed by atoms with Crippen LogP contribution in [-0.2, 0) is 12.8 Å². The van der Waals surface area contributed by atoms with Gasteiger partial charge in [0.2, 0.25) is 11.5 Å². The molecule has 0 heterocycles. The molecule has 8 nitrogen and oxygen atoms in total. The number of benzene rings is 2. The van der Waals surface area contributed by atoms with Gasteiger partial charge >= 0.3 is 0 Å². The van der Waals surface area contributed by atoms with Crippen molar-refractivity contribution in [3.8, 4) is 45.6 Å². The van der Waals surface area contributed by atoms with Crippen molar-refractivity contribution in [1.29, 1.82) is 0 Å². The third-order valence-electron chi connectivity index (χ3n) is 5.93. The standard InChI is InChI=1S/C22H28O8/c1-21(25)9-11-7-13(27-3)17(23)18(24)15(11)16-12(10-22(21,2)26)8-14(28-4)19(29-5)20(16)30-6/h7-8,23-26H,9-10H2,1-6H3/t21-,22+/m1/s1. The summed E-state index contributed by atoms with van der Waals surface area (Å²) in [6.45, 7) is 3.07. The number of hydrogen-bond acceptors (Lipinski definition) is 8. The number of phenols is 2. The summed E-state index contributed by atoms with van der Waals surface area (Å²) in [6, 6.07) is 3.19. The SMILES string of the molecule is COc1cc2c(c(O)c1O)-c1c(cc(OC)c(OC)c1OC)C[C@](C)(O)[C@](C)(O)C2. The molecule has 30 heavy (non-hydrogen) atoms. The molecule has 0 unspecified atom stereocenters. The zero-order valence-corrected chi connectivity index (χ0v) is 18.0. The second-order valence-corrected chi connectivity index (χ2v) is 7.89. The Bertz CT molecular complexity index is 978. The molecule has 2 atom stereocenters. The Balaban J connectivity index is 2.53. The number of fused-ring (bicyclic) bond motifs is 3. The summed E-state index contributed by atoms with van der Waals surface area (Å²) in [5.41, 5.74) is -1.42. The largest absolute Gasteiger partial charge is 0.504 e. The van der Waals surface area contributed by atoms with Gasteiger partial charge in [-0.05, 0) is 37.1 Å². The van der Waals surface area contributed by atoms with Crippen LogP contribution in [0.2, 0.25) is 0 Å². The number of phenolic OH excluding ortho intramolecular Hbond substituents is 2. The highest BCUT2D eigenvalue weighted by atomic mass is 16.5. The van der Waals surface area contributed by atoms with E-state index in [9.17, 15) is 20.4 Å². The molecule has 0 saturated carbocycles. The normalized spacial score (nSPS) is 22.9. The molecule has 0 amide bonds. The van der Waals surface area contributed by atoms with Crippen molar-refractivity contribution in [2.75, 3.05) is 28.4 Å². The van der Waals surface area contributed by atoms with E-state index in [1.807, 2.05) is 0 Å². The van der Waals surface area contributed by atoms with Crippen LogP contribution in [0.3, 0.4) is 0 Å². The third-order valence-corrected chi connectivity index (χ3v) is 5.93. The summed E-state index contributed by atoms with van der Waals surface area (Å²) in [6.07, 6.45) is 0.00813. The average molecular weight is 420 g/mol. The highest BCUT2D eigenvalue weighted by Crippen LogP contribution is 2.55. The molecule has 3 rings (SSSR count). The Morgan fingerprint density at radius 1 is 0.667 bits per heavy atom. The van der Waals surface area contributed by atoms with Gasteiger partial charge in [-0.3, -0.25) is 0 Å². The molecule has 0 bridgehead atoms. The van der Waals surface area contributed by atoms with Crippen LogP contribution in [0.4, 0.5) is 0 Å². The number of aliphatic hydroxyl groups is 2. The van der Waals surface area contributed by atoms with Gasteiger partial charge in [0.15, 0.2) is 23.0 Å². The molecule has 2 aromatic carbocycles. The van der Waals surface area contributed by atoms with Crippen molar-refractivity contribution in [2.45, 2.75) is 37.9 Å². The molecule has 0 aliphatic heterocycles. The predicted molar refractivity (Wildman–Crippen MR) is 110 cm³/mol. The van der Waals surface area contributed by atoms with Crippen LogP contribution in [0.25, 0.3) is 11.1 Å². The lowest BCUT2D eigenvalue weighted by Crippen LogP contribution is -2.53. The molecule has 164 valence electrons. The zero-order chi connectivity index (χ0) is 22.4. The van der Waals surface area contributed by atoms with Crippen LogP contribution in [0.5, 0.6) is 34.5 Å². The maximum absolute atomic E-state index is 11.2. The Kier molecular flexibility index (Phi) is 5.43. The Labute approximate surface area is 175 Å². The van der Waals surface area contributed by atoms with Gasteiger partial charge in [0.25, 0.3) is 0 Å². The molecule has 0 saturated heterocycles. The van der Waals surface area contributed by atoms with Crippen molar-refractivity contribution < 1.29 is 39.4 Å². The molecule has 1 aliphatic rings. The molecule has 8 heteroatoms. The lowest BCUT2D eigenvalue weighted by Gasteiger charge is -2.41. The molecule has 0 fully saturated rings. The molecule has 1 aliphatic carbocycles. The average Bonchev–Trinajstić information content (AvgIpc) is 2.69. The van der Waals surface area contributed by atoms with Crippen LogP contribution >= 0.6 is 0 Å². The van der Waals surface area contributed by atoms with Crippen molar-refractivity contribution in [1.82, 2.24) is 0 Å². The van der Waals surface area contributed by atoms with E-state index in [4.69, 9.17) is 18.9 Å². The highest BCUT2D eigenvalue weighted by Gasteiger charge is 2.46. The van der Waals surface area contributed by atoms with E-state index in [1.54, 1.807) is 13.0 Å². The first-order chi connectivity index (χ1) is 14.0. The van der Waals surface area contributed by atoms with Crippen molar-refractivity contribution >= 4 is 0 Å². The van der Waals surface area contributed by atoms with Gasteiger partial charge < -0.3 is 39.4 Å². The second kappa shape index (κ2) is 7.45. The van der Waals surface area contributed by atoms with Gasteiger partial charge in [-0.2, -0.15) is 0 Å². The summed E-state index contributed by atoms with van der Waals surface area (Å²) in [7, 11) is 5.75. The van der Waals surface area contributed by atoms with E-state index in [2.05, 4.69) is 0 Å². The predicted octanol–water partition coefficient (Wildman–Crippen LogP) is 2.40. The fourth-order valence-electron chi connectivity index (χ4n) is 4.00. The minimum Gasteiger partial charge on any atom is -0.504 e. The topological polar surface area (TPSA) is 118 Å². The van der Waals surface area contributed by atoms with E-state index in [0.717, 1.165) is 0 Å². The number of hydrogen-bond donors (Lipinski definition) is 4. The number of aromatic hydroxyl groups is 2. The van der Waals surface area contributed by atoms with Crippen LogP contribution < -0.4 is 18.9 Å². The number of rotatable bonds is 4. The van der Waals surface area contributed by atoms with Crippen LogP contribution in [0.1, 0.15) is 25.0 Å². The summed E-state index contributed by atoms with van der Waals surface area (Å²) in [5, 5.41) is 43.7. The maximum atomic E-state index is 11.2. The smallest absolute Gasteiger partial charge is 0.203 e. The number of ether oxygens (including phenoxy) is 4. The Morgan fingerprint density at radius 3 is 1.60 bits per heavy atom. The summed E-state index contributed by atoms with van der Waals surface area (Å²) in [5.74, 6) is 0.113. The first-order valence-corrected chi connectivity index (χ1v) is 9.41. The van der Waals surface area contributed by atoms with Gasteiger partial charge in [0, 0.05) is 24.0 Å². The van der Waals surface area contributed by atoms with Crippen molar-refractivity contribution in [3.05, 3.63) is 23.3 Å². The molecule has 0 aromatic heterocycles. The second-order valence-electron chi connectivity index (χ2n) is 7.89. The van der Waals surface area contributed by atoms with E-state index >= 15 is 0 Å². The van der Waals surface area contributed by atoms with E-state index < -0.39 is 22.7 Å². The monoisotopic (exact) mass is 420 g/mol. The summed E-state index contributed by atoms with van der Waals surface area (Å²) in [4.78, 5) is 0. The van der Waals surface area contributed by atoms with Crippen molar-refractivity contribution in [3.63, 3.8) is 0 Å². The highest BCUT2D eigenvalue weighted by molar-refractivity contribution is 5.88. The third kappa shape index (κ3) is 3.16. The fourth-order valence-corrected chi connectivity index (χ4v) is 4.00. The van der Waals surface area contributed by atoms with Gasteiger partial charge in [0.1, 0.15) is 0 Å². The molecular weight excluding hydrogens is 392 g/mol. The summed E-state index contributed by atoms with van der Waals surface area (Å²) >= 11 is 0. The van der Waals surface area contributed by atoms with Gasteiger partial charge in [-0.25, -0.2) is 0 Å². The first kappa shape index (κ1) is 21.9. The van der Waals surface area contributed by atoms with Gasteiger partial charge in [0.05, 0.1) is 39.6 Å². The summed E-state index contributed by atoms with van der Waals surface area (Å²) < 4.78 is 21.7. The Morgan fingerprint density at radius 2 is 1.13 bits per heavy atom. The molecule has 0 spiro atoms. The molecular formula is C22H28O8. The lowest BCUT2D eigenvalue weighted by atomic mass is 9.72. The maximum Gasteiger partial charge on any atom is 0.203 e. The van der Waals surface area contributed by atoms with Crippen molar-refractivity contribution in [2.24, 2.45) is 0 Å². The first-order valence-electron chi connectivity index (χ1n) is 9.41. The van der Waals surface area contributed by atoms with E-state index in [1.165, 1.54) is 41.4 Å². The van der Waals surface area contributed by atoms with Gasteiger partial charge in [-0.1, -0.05) is 0 Å². The Hall–Kier alpha value is -2.84. The van der Waals surface area contributed by atoms with Crippen LogP contribution in [0, 0.1) is 0 Å². The van der Waals surface area contributed by atoms with Gasteiger partial charge in [-0.15, -0.1) is 0 Å². The minimum absolute atomic E-state index is 0.0174. The quantitative estimate of drug-likeness (QED) is 0.557. The fraction of sp³-hybridized carbons (Fsp3) is 0.455. The van der Waals surface area contributed by atoms with Crippen LogP contribution in [-0.4, -0.2) is 60.1 Å². The molecule has 4 N–H and O–H groups in total. The number of methoxy groups -OCH3 is 4. The molecule has 0 radical (unpaired) electrons. The van der Waals surface area contributed by atoms with Crippen LogP contribution in [0.15, 0.2) is 12.1 Å². The van der Waals surface area contributed by atoms with E-state index in [0.29, 0.717) is 28.2 Å². The molecule has 2 aromatic rings. The van der Waals surface area contributed by atoms with E-state index in [-0.39, 0.29) is 29.9 Å². The zero-order valence-electron chi connectivity index (χ0n) is 18.0. The minimum atomic E-state index is -1.56.